The summed E-state index contributed by atoms with van der Waals surface area (Å²) in [6, 6.07) is 8.79. The Morgan fingerprint density at radius 3 is 2.13 bits per heavy atom. The largest absolute Gasteiger partial charge is 0.348 e. The molecule has 0 fully saturated rings. The predicted molar refractivity (Wildman–Crippen MR) is 125 cm³/mol. The van der Waals surface area contributed by atoms with Crippen molar-refractivity contribution >= 4 is 21.6 Å². The summed E-state index contributed by atoms with van der Waals surface area (Å²) in [4.78, 5) is 13.3. The van der Waals surface area contributed by atoms with Crippen LogP contribution in [0.1, 0.15) is 59.7 Å². The van der Waals surface area contributed by atoms with Crippen molar-refractivity contribution in [1.29, 1.82) is 0 Å². The van der Waals surface area contributed by atoms with Crippen LogP contribution in [0.5, 0.6) is 0 Å². The molecule has 0 aromatic heterocycles. The first-order valence-electron chi connectivity index (χ1n) is 10.3. The summed E-state index contributed by atoms with van der Waals surface area (Å²) in [6.45, 7) is 13.7. The number of hydrogen-bond acceptors (Lipinski definition) is 3. The van der Waals surface area contributed by atoms with E-state index in [1.54, 1.807) is 0 Å². The van der Waals surface area contributed by atoms with Gasteiger partial charge in [0.2, 0.25) is 15.9 Å². The molecule has 1 N–H and O–H groups in total. The Labute approximate surface area is 181 Å². The minimum Gasteiger partial charge on any atom is -0.348 e. The summed E-state index contributed by atoms with van der Waals surface area (Å²) in [5.74, 6) is -0.297. The molecule has 0 heterocycles. The van der Waals surface area contributed by atoms with Gasteiger partial charge in [-0.05, 0) is 87.4 Å². The van der Waals surface area contributed by atoms with Crippen molar-refractivity contribution in [2.24, 2.45) is 0 Å². The number of hydrogen-bond donors (Lipinski definition) is 1. The second-order valence-corrected chi connectivity index (χ2v) is 10.2. The Balaban J connectivity index is 2.41. The minimum absolute atomic E-state index is 0.231. The molecule has 0 saturated carbocycles. The third-order valence-corrected chi connectivity index (χ3v) is 6.81. The highest BCUT2D eigenvalue weighted by Gasteiger charge is 2.33. The van der Waals surface area contributed by atoms with Crippen LogP contribution in [-0.4, -0.2) is 26.6 Å². The molecular weight excluding hydrogens is 396 g/mol. The van der Waals surface area contributed by atoms with Crippen LogP contribution in [0.2, 0.25) is 0 Å². The number of sulfonamides is 1. The van der Waals surface area contributed by atoms with E-state index in [2.05, 4.69) is 24.4 Å². The fourth-order valence-electron chi connectivity index (χ4n) is 3.83. The molecule has 0 radical (unpaired) electrons. The Morgan fingerprint density at radius 2 is 1.57 bits per heavy atom. The Morgan fingerprint density at radius 1 is 0.967 bits per heavy atom. The molecular formula is C24H34N2O3S. The summed E-state index contributed by atoms with van der Waals surface area (Å²) in [5, 5.41) is 3.05. The average molecular weight is 431 g/mol. The topological polar surface area (TPSA) is 66.5 Å². The number of amides is 1. The quantitative estimate of drug-likeness (QED) is 0.695. The molecule has 0 aliphatic heterocycles. The van der Waals surface area contributed by atoms with Crippen molar-refractivity contribution in [2.45, 2.75) is 67.0 Å². The summed E-state index contributed by atoms with van der Waals surface area (Å²) in [5.41, 5.74) is 6.83. The van der Waals surface area contributed by atoms with Crippen molar-refractivity contribution in [3.63, 3.8) is 0 Å². The smallest absolute Gasteiger partial charge is 0.244 e. The van der Waals surface area contributed by atoms with Gasteiger partial charge in [-0.1, -0.05) is 31.2 Å². The summed E-state index contributed by atoms with van der Waals surface area (Å²) in [6.07, 6.45) is 1.52. The zero-order chi connectivity index (χ0) is 22.8. The van der Waals surface area contributed by atoms with Gasteiger partial charge >= 0.3 is 0 Å². The molecule has 0 bridgehead atoms. The lowest BCUT2D eigenvalue weighted by molar-refractivity contribution is -0.122. The van der Waals surface area contributed by atoms with Crippen LogP contribution in [0.4, 0.5) is 5.69 Å². The van der Waals surface area contributed by atoms with Gasteiger partial charge in [0, 0.05) is 0 Å². The van der Waals surface area contributed by atoms with Crippen molar-refractivity contribution < 1.29 is 13.2 Å². The molecule has 0 saturated heterocycles. The lowest BCUT2D eigenvalue weighted by Crippen LogP contribution is -2.50. The van der Waals surface area contributed by atoms with Gasteiger partial charge in [0.15, 0.2) is 0 Å². The molecule has 0 spiro atoms. The number of anilines is 1. The Bertz CT molecular complexity index is 1040. The molecule has 2 aromatic carbocycles. The second kappa shape index (κ2) is 9.21. The van der Waals surface area contributed by atoms with Crippen molar-refractivity contribution in [2.75, 3.05) is 10.6 Å². The number of nitrogens with one attached hydrogen (secondary N) is 1. The number of nitrogens with zero attached hydrogens (tertiary/aromatic N) is 1. The zero-order valence-corrected chi connectivity index (χ0v) is 20.1. The van der Waals surface area contributed by atoms with Crippen molar-refractivity contribution in [3.05, 3.63) is 63.7 Å². The van der Waals surface area contributed by atoms with Gasteiger partial charge in [-0.25, -0.2) is 8.42 Å². The first-order valence-corrected chi connectivity index (χ1v) is 12.2. The molecule has 0 aliphatic rings. The van der Waals surface area contributed by atoms with E-state index in [9.17, 15) is 13.2 Å². The maximum absolute atomic E-state index is 13.3. The molecule has 30 heavy (non-hydrogen) atoms. The monoisotopic (exact) mass is 430 g/mol. The number of carbonyl (C=O) groups excluding carboxylic acids is 1. The third-order valence-electron chi connectivity index (χ3n) is 5.64. The van der Waals surface area contributed by atoms with Crippen LogP contribution in [0.25, 0.3) is 0 Å². The fourth-order valence-corrected chi connectivity index (χ4v) is 5.09. The van der Waals surface area contributed by atoms with Gasteiger partial charge < -0.3 is 5.32 Å². The van der Waals surface area contributed by atoms with E-state index in [-0.39, 0.29) is 11.9 Å². The average Bonchev–Trinajstić information content (AvgIpc) is 2.63. The summed E-state index contributed by atoms with van der Waals surface area (Å²) >= 11 is 0. The predicted octanol–water partition coefficient (Wildman–Crippen LogP) is 4.65. The molecule has 2 aromatic rings. The molecule has 6 heteroatoms. The second-order valence-electron chi connectivity index (χ2n) is 8.30. The maximum Gasteiger partial charge on any atom is 0.244 e. The number of carbonyl (C=O) groups is 1. The molecule has 1 amide bonds. The Hall–Kier alpha value is -2.34. The Kier molecular flexibility index (Phi) is 7.35. The van der Waals surface area contributed by atoms with Gasteiger partial charge in [0.05, 0.1) is 18.0 Å². The SMILES string of the molecule is CC[C@@H](C(=O)N[C@@H](C)c1cc(C)c(C)cc1C)N(c1cc(C)ccc1C)S(C)(=O)=O. The summed E-state index contributed by atoms with van der Waals surface area (Å²) in [7, 11) is -3.66. The van der Waals surface area contributed by atoms with E-state index in [0.717, 1.165) is 34.1 Å². The number of benzene rings is 2. The highest BCUT2D eigenvalue weighted by Crippen LogP contribution is 2.28. The van der Waals surface area contributed by atoms with Gasteiger partial charge in [0.1, 0.15) is 6.04 Å². The van der Waals surface area contributed by atoms with Crippen LogP contribution >= 0.6 is 0 Å². The van der Waals surface area contributed by atoms with E-state index >= 15 is 0 Å². The summed E-state index contributed by atoms with van der Waals surface area (Å²) < 4.78 is 26.7. The number of aryl methyl sites for hydroxylation is 5. The van der Waals surface area contributed by atoms with E-state index in [0.29, 0.717) is 12.1 Å². The molecule has 0 aliphatic carbocycles. The normalized spacial score (nSPS) is 13.6. The first kappa shape index (κ1) is 23.9. The standard InChI is InChI=1S/C24H34N2O3S/c1-9-22(26(30(8,28)29)23-12-15(2)10-11-16(23)3)24(27)25-20(7)21-14-18(5)17(4)13-19(21)6/h10-14,20,22H,9H2,1-8H3,(H,25,27)/t20-,22-/m0/s1. The number of rotatable bonds is 7. The van der Waals surface area contributed by atoms with Crippen LogP contribution in [0, 0.1) is 34.6 Å². The lowest BCUT2D eigenvalue weighted by atomic mass is 9.96. The van der Waals surface area contributed by atoms with Gasteiger partial charge in [0.25, 0.3) is 0 Å². The van der Waals surface area contributed by atoms with Crippen molar-refractivity contribution in [1.82, 2.24) is 5.32 Å². The van der Waals surface area contributed by atoms with E-state index in [1.807, 2.05) is 59.7 Å². The molecule has 2 atom stereocenters. The van der Waals surface area contributed by atoms with Crippen LogP contribution in [-0.2, 0) is 14.8 Å². The van der Waals surface area contributed by atoms with Crippen LogP contribution in [0.15, 0.2) is 30.3 Å². The zero-order valence-electron chi connectivity index (χ0n) is 19.3. The van der Waals surface area contributed by atoms with Gasteiger partial charge in [-0.3, -0.25) is 9.10 Å². The van der Waals surface area contributed by atoms with Crippen LogP contribution in [0.3, 0.4) is 0 Å². The van der Waals surface area contributed by atoms with E-state index in [1.165, 1.54) is 9.87 Å². The first-order chi connectivity index (χ1) is 13.9. The lowest BCUT2D eigenvalue weighted by Gasteiger charge is -2.32. The van der Waals surface area contributed by atoms with E-state index in [4.69, 9.17) is 0 Å². The minimum atomic E-state index is -3.66. The van der Waals surface area contributed by atoms with E-state index < -0.39 is 16.1 Å². The fraction of sp³-hybridized carbons (Fsp3) is 0.458. The third kappa shape index (κ3) is 5.22. The van der Waals surface area contributed by atoms with Crippen LogP contribution < -0.4 is 9.62 Å². The molecule has 0 unspecified atom stereocenters. The molecule has 164 valence electrons. The highest BCUT2D eigenvalue weighted by atomic mass is 32.2. The van der Waals surface area contributed by atoms with Gasteiger partial charge in [-0.15, -0.1) is 0 Å². The highest BCUT2D eigenvalue weighted by molar-refractivity contribution is 7.92. The maximum atomic E-state index is 13.3. The van der Waals surface area contributed by atoms with Gasteiger partial charge in [-0.2, -0.15) is 0 Å². The van der Waals surface area contributed by atoms with Crippen molar-refractivity contribution in [3.8, 4) is 0 Å². The molecule has 2 rings (SSSR count). The molecule has 5 nitrogen and oxygen atoms in total.